The number of para-hydroxylation sites is 1. The molecule has 1 heterocycles. The summed E-state index contributed by atoms with van der Waals surface area (Å²) in [5.74, 6) is 0.108. The van der Waals surface area contributed by atoms with Crippen molar-refractivity contribution in [2.45, 2.75) is 44.9 Å². The molecular weight excluding hydrogens is 417 g/mol. The molecule has 0 unspecified atom stereocenters. The molecular formula is C25H25F3N2O2. The Hall–Kier alpha value is -3.09. The van der Waals surface area contributed by atoms with Gasteiger partial charge in [0.1, 0.15) is 5.75 Å². The summed E-state index contributed by atoms with van der Waals surface area (Å²) in [5, 5.41) is 4.01. The molecule has 1 aromatic heterocycles. The number of carbonyl (C=O) groups excluding carboxylic acids is 1. The van der Waals surface area contributed by atoms with Crippen LogP contribution in [0.15, 0.2) is 60.8 Å². The Labute approximate surface area is 184 Å². The van der Waals surface area contributed by atoms with Crippen molar-refractivity contribution in [2.24, 2.45) is 11.8 Å². The van der Waals surface area contributed by atoms with Crippen LogP contribution in [0.5, 0.6) is 5.75 Å². The fraction of sp³-hybridized carbons (Fsp3) is 0.360. The summed E-state index contributed by atoms with van der Waals surface area (Å²) in [7, 11) is 0. The number of hydrogen-bond acceptors (Lipinski definition) is 3. The highest BCUT2D eigenvalue weighted by Gasteiger charge is 2.32. The number of rotatable bonds is 5. The number of amides is 1. The quantitative estimate of drug-likeness (QED) is 0.479. The van der Waals surface area contributed by atoms with E-state index in [1.165, 1.54) is 35.2 Å². The van der Waals surface area contributed by atoms with E-state index < -0.39 is 6.36 Å². The van der Waals surface area contributed by atoms with Gasteiger partial charge in [-0.05, 0) is 79.5 Å². The third kappa shape index (κ3) is 5.21. The van der Waals surface area contributed by atoms with Gasteiger partial charge in [0.05, 0.1) is 5.52 Å². The molecule has 0 radical (unpaired) electrons. The number of nitrogens with one attached hydrogen (secondary N) is 1. The third-order valence-electron chi connectivity index (χ3n) is 6.37. The Bertz CT molecular complexity index is 1070. The fourth-order valence-electron chi connectivity index (χ4n) is 4.61. The number of anilines is 1. The number of benzene rings is 2. The van der Waals surface area contributed by atoms with Crippen molar-refractivity contribution in [2.75, 3.05) is 5.32 Å². The van der Waals surface area contributed by atoms with Gasteiger partial charge in [-0.3, -0.25) is 9.78 Å². The van der Waals surface area contributed by atoms with Crippen LogP contribution in [-0.4, -0.2) is 17.3 Å². The molecule has 1 N–H and O–H groups in total. The van der Waals surface area contributed by atoms with Crippen molar-refractivity contribution in [1.82, 2.24) is 4.98 Å². The van der Waals surface area contributed by atoms with E-state index in [9.17, 15) is 18.0 Å². The van der Waals surface area contributed by atoms with Crippen LogP contribution in [0.4, 0.5) is 18.9 Å². The molecule has 4 nitrogen and oxygen atoms in total. The molecule has 1 amide bonds. The summed E-state index contributed by atoms with van der Waals surface area (Å²) in [5.41, 5.74) is 2.78. The molecule has 1 aliphatic carbocycles. The van der Waals surface area contributed by atoms with Crippen molar-refractivity contribution in [3.63, 3.8) is 0 Å². The molecule has 1 fully saturated rings. The van der Waals surface area contributed by atoms with Gasteiger partial charge in [0.25, 0.3) is 0 Å². The van der Waals surface area contributed by atoms with Crippen LogP contribution in [0.3, 0.4) is 0 Å². The Kier molecular flexibility index (Phi) is 6.35. The van der Waals surface area contributed by atoms with E-state index in [1.54, 1.807) is 0 Å². The lowest BCUT2D eigenvalue weighted by Crippen LogP contribution is -2.29. The lowest BCUT2D eigenvalue weighted by molar-refractivity contribution is -0.274. The van der Waals surface area contributed by atoms with Crippen molar-refractivity contribution in [3.05, 3.63) is 66.4 Å². The molecule has 0 aliphatic heterocycles. The first-order valence-electron chi connectivity index (χ1n) is 10.8. The van der Waals surface area contributed by atoms with Crippen LogP contribution in [-0.2, 0) is 4.79 Å². The second-order valence-corrected chi connectivity index (χ2v) is 8.38. The summed E-state index contributed by atoms with van der Waals surface area (Å²) in [6, 6.07) is 15.5. The van der Waals surface area contributed by atoms with Gasteiger partial charge in [-0.15, -0.1) is 13.2 Å². The van der Waals surface area contributed by atoms with Gasteiger partial charge in [0.15, 0.2) is 0 Å². The normalized spacial score (nSPS) is 20.0. The number of alkyl halides is 3. The third-order valence-corrected chi connectivity index (χ3v) is 6.37. The molecule has 168 valence electrons. The largest absolute Gasteiger partial charge is 0.573 e. The van der Waals surface area contributed by atoms with Gasteiger partial charge in [0.2, 0.25) is 5.91 Å². The smallest absolute Gasteiger partial charge is 0.406 e. The highest BCUT2D eigenvalue weighted by Crippen LogP contribution is 2.40. The minimum Gasteiger partial charge on any atom is -0.406 e. The van der Waals surface area contributed by atoms with Crippen molar-refractivity contribution in [3.8, 4) is 5.75 Å². The van der Waals surface area contributed by atoms with Crippen molar-refractivity contribution in [1.29, 1.82) is 0 Å². The number of nitrogens with zero attached hydrogens (tertiary/aromatic N) is 1. The van der Waals surface area contributed by atoms with E-state index >= 15 is 0 Å². The molecule has 0 saturated heterocycles. The van der Waals surface area contributed by atoms with E-state index in [1.807, 2.05) is 31.3 Å². The topological polar surface area (TPSA) is 51.2 Å². The van der Waals surface area contributed by atoms with Gasteiger partial charge >= 0.3 is 6.36 Å². The van der Waals surface area contributed by atoms with Crippen LogP contribution in [0, 0.1) is 11.8 Å². The molecule has 3 aromatic rings. The lowest BCUT2D eigenvalue weighted by Gasteiger charge is -2.32. The predicted octanol–water partition coefficient (Wildman–Crippen LogP) is 6.68. The zero-order chi connectivity index (χ0) is 22.7. The summed E-state index contributed by atoms with van der Waals surface area (Å²) in [6.45, 7) is 1.92. The van der Waals surface area contributed by atoms with Crippen LogP contribution < -0.4 is 10.1 Å². The van der Waals surface area contributed by atoms with Gasteiger partial charge in [-0.2, -0.15) is 0 Å². The van der Waals surface area contributed by atoms with E-state index in [4.69, 9.17) is 0 Å². The van der Waals surface area contributed by atoms with E-state index in [-0.39, 0.29) is 23.5 Å². The first-order chi connectivity index (χ1) is 15.3. The SMILES string of the molecule is C[C@@H](C(=O)Nc1ccc(OC(F)(F)F)cc1)[C@H]1CC[C@@H](c2ccnc3ccccc32)CC1. The van der Waals surface area contributed by atoms with E-state index in [2.05, 4.69) is 27.2 Å². The van der Waals surface area contributed by atoms with Crippen molar-refractivity contribution < 1.29 is 22.7 Å². The first-order valence-corrected chi connectivity index (χ1v) is 10.8. The summed E-state index contributed by atoms with van der Waals surface area (Å²) in [6.07, 6.45) is 1.06. The molecule has 1 saturated carbocycles. The monoisotopic (exact) mass is 442 g/mol. The summed E-state index contributed by atoms with van der Waals surface area (Å²) >= 11 is 0. The van der Waals surface area contributed by atoms with E-state index in [0.717, 1.165) is 31.2 Å². The van der Waals surface area contributed by atoms with Gasteiger partial charge in [-0.25, -0.2) is 0 Å². The van der Waals surface area contributed by atoms with Gasteiger partial charge < -0.3 is 10.1 Å². The minimum absolute atomic E-state index is 0.118. The predicted molar refractivity (Wildman–Crippen MR) is 117 cm³/mol. The maximum atomic E-state index is 12.7. The highest BCUT2D eigenvalue weighted by molar-refractivity contribution is 5.92. The molecule has 1 aliphatic rings. The Morgan fingerprint density at radius 1 is 1.03 bits per heavy atom. The second-order valence-electron chi connectivity index (χ2n) is 8.38. The number of halogens is 3. The molecule has 0 bridgehead atoms. The van der Waals surface area contributed by atoms with Gasteiger partial charge in [-0.1, -0.05) is 25.1 Å². The molecule has 4 rings (SSSR count). The first kappa shape index (κ1) is 22.1. The maximum absolute atomic E-state index is 12.7. The zero-order valence-electron chi connectivity index (χ0n) is 17.7. The number of carbonyl (C=O) groups is 1. The lowest BCUT2D eigenvalue weighted by atomic mass is 9.73. The molecule has 2 aromatic carbocycles. The fourth-order valence-corrected chi connectivity index (χ4v) is 4.61. The number of hydrogen-bond donors (Lipinski definition) is 1. The number of ether oxygens (including phenoxy) is 1. The molecule has 1 atom stereocenters. The van der Waals surface area contributed by atoms with Crippen LogP contribution in [0.25, 0.3) is 10.9 Å². The van der Waals surface area contributed by atoms with Crippen LogP contribution in [0.2, 0.25) is 0 Å². The number of aromatic nitrogens is 1. The molecule has 0 spiro atoms. The van der Waals surface area contributed by atoms with Gasteiger partial charge in [0, 0.05) is 23.2 Å². The van der Waals surface area contributed by atoms with E-state index in [0.29, 0.717) is 11.6 Å². The molecule has 32 heavy (non-hydrogen) atoms. The Morgan fingerprint density at radius 2 is 1.72 bits per heavy atom. The maximum Gasteiger partial charge on any atom is 0.573 e. The Balaban J connectivity index is 1.34. The summed E-state index contributed by atoms with van der Waals surface area (Å²) < 4.78 is 40.7. The molecule has 7 heteroatoms. The Morgan fingerprint density at radius 3 is 2.41 bits per heavy atom. The highest BCUT2D eigenvalue weighted by atomic mass is 19.4. The second kappa shape index (κ2) is 9.18. The average Bonchev–Trinajstić information content (AvgIpc) is 2.78. The summed E-state index contributed by atoms with van der Waals surface area (Å²) in [4.78, 5) is 17.2. The average molecular weight is 442 g/mol. The standard InChI is InChI=1S/C25H25F3N2O2/c1-16(24(31)30-19-10-12-20(13-11-19)32-25(26,27)28)17-6-8-18(9-7-17)21-14-15-29-23-5-3-2-4-22(21)23/h2-5,10-18H,6-9H2,1H3,(H,30,31)/t16-,17-,18+/m1/s1. The number of pyridine rings is 1. The van der Waals surface area contributed by atoms with Crippen LogP contribution >= 0.6 is 0 Å². The van der Waals surface area contributed by atoms with Crippen LogP contribution in [0.1, 0.15) is 44.1 Å². The zero-order valence-corrected chi connectivity index (χ0v) is 17.7. The number of fused-ring (bicyclic) bond motifs is 1. The van der Waals surface area contributed by atoms with Crippen molar-refractivity contribution >= 4 is 22.5 Å². The minimum atomic E-state index is -4.74.